The van der Waals surface area contributed by atoms with Crippen LogP contribution in [0, 0.1) is 0 Å². The van der Waals surface area contributed by atoms with E-state index in [4.69, 9.17) is 0 Å². The van der Waals surface area contributed by atoms with Crippen molar-refractivity contribution >= 4 is 5.78 Å². The molecule has 0 saturated carbocycles. The average molecular weight is 178 g/mol. The van der Waals surface area contributed by atoms with Crippen LogP contribution in [0.4, 0.5) is 0 Å². The van der Waals surface area contributed by atoms with Crippen molar-refractivity contribution in [3.63, 3.8) is 0 Å². The monoisotopic (exact) mass is 178 g/mol. The van der Waals surface area contributed by atoms with Gasteiger partial charge >= 0.3 is 0 Å². The fourth-order valence-electron chi connectivity index (χ4n) is 1.04. The molecular formula is C10H14N2O. The molecule has 1 rings (SSSR count). The van der Waals surface area contributed by atoms with Gasteiger partial charge in [0.25, 0.3) is 0 Å². The van der Waals surface area contributed by atoms with Gasteiger partial charge in [-0.15, -0.1) is 6.58 Å². The molecule has 0 unspecified atom stereocenters. The summed E-state index contributed by atoms with van der Waals surface area (Å²) in [5, 5.41) is 3.94. The number of hydrogen-bond donors (Lipinski definition) is 0. The molecule has 0 aliphatic heterocycles. The van der Waals surface area contributed by atoms with E-state index in [1.54, 1.807) is 24.1 Å². The van der Waals surface area contributed by atoms with Crippen LogP contribution in [0.25, 0.3) is 0 Å². The number of allylic oxidation sites excluding steroid dienone is 1. The quantitative estimate of drug-likeness (QED) is 0.521. The Bertz CT molecular complexity index is 325. The van der Waals surface area contributed by atoms with Gasteiger partial charge < -0.3 is 0 Å². The number of hydrogen-bond acceptors (Lipinski definition) is 2. The van der Waals surface area contributed by atoms with E-state index in [0.717, 1.165) is 12.0 Å². The predicted octanol–water partition coefficient (Wildman–Crippen LogP) is 1.96. The van der Waals surface area contributed by atoms with Crippen LogP contribution in [-0.4, -0.2) is 15.6 Å². The highest BCUT2D eigenvalue weighted by Crippen LogP contribution is 2.07. The van der Waals surface area contributed by atoms with Gasteiger partial charge in [-0.2, -0.15) is 5.10 Å². The van der Waals surface area contributed by atoms with E-state index < -0.39 is 0 Å². The maximum Gasteiger partial charge on any atom is 0.166 e. The minimum atomic E-state index is 0.135. The third-order valence-corrected chi connectivity index (χ3v) is 1.81. The number of ketones is 1. The Morgan fingerprint density at radius 3 is 2.77 bits per heavy atom. The number of aryl methyl sites for hydroxylation is 1. The van der Waals surface area contributed by atoms with Crippen molar-refractivity contribution in [3.05, 3.63) is 30.1 Å². The third-order valence-electron chi connectivity index (χ3n) is 1.81. The Morgan fingerprint density at radius 1 is 1.62 bits per heavy atom. The average Bonchev–Trinajstić information content (AvgIpc) is 2.47. The second-order valence-electron chi connectivity index (χ2n) is 3.28. The minimum absolute atomic E-state index is 0.135. The molecule has 0 aliphatic rings. The molecule has 1 aromatic heterocycles. The van der Waals surface area contributed by atoms with Crippen LogP contribution in [0.5, 0.6) is 0 Å². The largest absolute Gasteiger partial charge is 0.294 e. The number of carbonyl (C=O) groups excluding carboxylic acids is 1. The molecule has 0 amide bonds. The highest BCUT2D eigenvalue weighted by atomic mass is 16.1. The Hall–Kier alpha value is -1.38. The highest BCUT2D eigenvalue weighted by molar-refractivity contribution is 5.95. The molecule has 3 nitrogen and oxygen atoms in total. The van der Waals surface area contributed by atoms with Gasteiger partial charge in [0.2, 0.25) is 0 Å². The second kappa shape index (κ2) is 4.03. The highest BCUT2D eigenvalue weighted by Gasteiger charge is 2.06. The van der Waals surface area contributed by atoms with Crippen LogP contribution in [-0.2, 0) is 7.05 Å². The van der Waals surface area contributed by atoms with Crippen molar-refractivity contribution < 1.29 is 4.79 Å². The smallest absolute Gasteiger partial charge is 0.166 e. The molecule has 13 heavy (non-hydrogen) atoms. The maximum absolute atomic E-state index is 11.5. The molecule has 1 aromatic rings. The zero-order valence-electron chi connectivity index (χ0n) is 8.08. The van der Waals surface area contributed by atoms with Gasteiger partial charge in [-0.3, -0.25) is 9.48 Å². The lowest BCUT2D eigenvalue weighted by molar-refractivity contribution is 0.0983. The van der Waals surface area contributed by atoms with Crippen LogP contribution >= 0.6 is 0 Å². The van der Waals surface area contributed by atoms with Crippen molar-refractivity contribution in [2.24, 2.45) is 7.05 Å². The summed E-state index contributed by atoms with van der Waals surface area (Å²) in [7, 11) is 1.80. The first-order chi connectivity index (χ1) is 6.09. The molecular weight excluding hydrogens is 164 g/mol. The fraction of sp³-hybridized carbons (Fsp3) is 0.400. The first kappa shape index (κ1) is 9.71. The van der Waals surface area contributed by atoms with Crippen molar-refractivity contribution in [3.8, 4) is 0 Å². The van der Waals surface area contributed by atoms with E-state index in [0.29, 0.717) is 12.0 Å². The van der Waals surface area contributed by atoms with E-state index in [9.17, 15) is 4.79 Å². The molecule has 0 fully saturated rings. The van der Waals surface area contributed by atoms with E-state index >= 15 is 0 Å². The van der Waals surface area contributed by atoms with E-state index in [-0.39, 0.29) is 5.78 Å². The summed E-state index contributed by atoms with van der Waals surface area (Å²) in [4.78, 5) is 11.5. The lowest BCUT2D eigenvalue weighted by Crippen LogP contribution is -1.97. The Balaban J connectivity index is 2.54. The number of rotatable bonds is 4. The van der Waals surface area contributed by atoms with Gasteiger partial charge in [0.1, 0.15) is 0 Å². The minimum Gasteiger partial charge on any atom is -0.294 e. The molecule has 0 saturated heterocycles. The number of nitrogens with zero attached hydrogens (tertiary/aromatic N) is 2. The number of carbonyl (C=O) groups is 1. The Labute approximate surface area is 78.1 Å². The van der Waals surface area contributed by atoms with Crippen molar-refractivity contribution in [1.82, 2.24) is 9.78 Å². The fourth-order valence-corrected chi connectivity index (χ4v) is 1.04. The van der Waals surface area contributed by atoms with Crippen LogP contribution in [0.3, 0.4) is 0 Å². The molecule has 0 spiro atoms. The third kappa shape index (κ3) is 2.86. The number of aromatic nitrogens is 2. The summed E-state index contributed by atoms with van der Waals surface area (Å²) >= 11 is 0. The second-order valence-corrected chi connectivity index (χ2v) is 3.28. The van der Waals surface area contributed by atoms with Crippen molar-refractivity contribution in [2.75, 3.05) is 0 Å². The standard InChI is InChI=1S/C10H14N2O/c1-8(2)4-5-10(13)9-6-11-12(3)7-9/h6-7H,1,4-5H2,2-3H3. The lowest BCUT2D eigenvalue weighted by atomic mass is 10.1. The Kier molecular flexibility index (Phi) is 3.01. The van der Waals surface area contributed by atoms with Gasteiger partial charge in [-0.25, -0.2) is 0 Å². The van der Waals surface area contributed by atoms with Crippen molar-refractivity contribution in [1.29, 1.82) is 0 Å². The van der Waals surface area contributed by atoms with Crippen LogP contribution in [0.15, 0.2) is 24.5 Å². The summed E-state index contributed by atoms with van der Waals surface area (Å²) < 4.78 is 1.63. The summed E-state index contributed by atoms with van der Waals surface area (Å²) in [6, 6.07) is 0. The molecule has 0 atom stereocenters. The summed E-state index contributed by atoms with van der Waals surface area (Å²) in [6.45, 7) is 5.68. The predicted molar refractivity (Wildman–Crippen MR) is 51.6 cm³/mol. The van der Waals surface area contributed by atoms with Gasteiger partial charge in [-0.1, -0.05) is 5.57 Å². The first-order valence-corrected chi connectivity index (χ1v) is 4.26. The SMILES string of the molecule is C=C(C)CCC(=O)c1cnn(C)c1. The van der Waals surface area contributed by atoms with E-state index in [1.165, 1.54) is 0 Å². The Morgan fingerprint density at radius 2 is 2.31 bits per heavy atom. The molecule has 0 aliphatic carbocycles. The summed E-state index contributed by atoms with van der Waals surface area (Å²) in [5.74, 6) is 0.135. The molecule has 0 aromatic carbocycles. The van der Waals surface area contributed by atoms with Crippen LogP contribution < -0.4 is 0 Å². The lowest BCUT2D eigenvalue weighted by Gasteiger charge is -1.96. The molecule has 0 radical (unpaired) electrons. The summed E-state index contributed by atoms with van der Waals surface area (Å²) in [5.41, 5.74) is 1.72. The van der Waals surface area contributed by atoms with Crippen LogP contribution in [0.2, 0.25) is 0 Å². The van der Waals surface area contributed by atoms with Gasteiger partial charge in [0.15, 0.2) is 5.78 Å². The first-order valence-electron chi connectivity index (χ1n) is 4.26. The van der Waals surface area contributed by atoms with E-state index in [1.807, 2.05) is 6.92 Å². The molecule has 3 heteroatoms. The van der Waals surface area contributed by atoms with Crippen LogP contribution in [0.1, 0.15) is 30.1 Å². The molecule has 1 heterocycles. The van der Waals surface area contributed by atoms with Gasteiger partial charge in [0, 0.05) is 19.7 Å². The topological polar surface area (TPSA) is 34.9 Å². The molecule has 0 bridgehead atoms. The maximum atomic E-state index is 11.5. The van der Waals surface area contributed by atoms with Gasteiger partial charge in [0.05, 0.1) is 11.8 Å². The number of Topliss-reactive ketones (excluding diaryl/α,β-unsaturated/α-hetero) is 1. The van der Waals surface area contributed by atoms with Gasteiger partial charge in [-0.05, 0) is 13.3 Å². The zero-order chi connectivity index (χ0) is 9.84. The zero-order valence-corrected chi connectivity index (χ0v) is 8.08. The molecule has 0 N–H and O–H groups in total. The normalized spacial score (nSPS) is 10.0. The summed E-state index contributed by atoms with van der Waals surface area (Å²) in [6.07, 6.45) is 4.62. The molecule has 70 valence electrons. The van der Waals surface area contributed by atoms with Crippen molar-refractivity contribution in [2.45, 2.75) is 19.8 Å². The van der Waals surface area contributed by atoms with E-state index in [2.05, 4.69) is 11.7 Å².